The lowest BCUT2D eigenvalue weighted by molar-refractivity contribution is -0.119. The monoisotopic (exact) mass is 322 g/mol. The molecule has 110 valence electrons. The van der Waals surface area contributed by atoms with Crippen molar-refractivity contribution < 1.29 is 9.59 Å². The van der Waals surface area contributed by atoms with E-state index in [1.807, 2.05) is 30.3 Å². The van der Waals surface area contributed by atoms with Gasteiger partial charge in [-0.15, -0.1) is 10.2 Å². The van der Waals surface area contributed by atoms with Crippen molar-refractivity contribution in [2.45, 2.75) is 23.1 Å². The first-order valence-corrected chi connectivity index (χ1v) is 7.96. The highest BCUT2D eigenvalue weighted by Gasteiger charge is 2.18. The minimum atomic E-state index is -0.506. The van der Waals surface area contributed by atoms with Crippen LogP contribution in [-0.4, -0.2) is 27.4 Å². The number of nitrogens with zero attached hydrogens (tertiary/aromatic N) is 2. The summed E-state index contributed by atoms with van der Waals surface area (Å²) < 4.78 is 0.697. The number of hydrogen-bond donors (Lipinski definition) is 2. The average molecular weight is 322 g/mol. The molecule has 6 nitrogen and oxygen atoms in total. The molecule has 2 rings (SSSR count). The number of benzene rings is 1. The second-order valence-corrected chi connectivity index (χ2v) is 6.54. The molecule has 0 radical (unpaired) electrons. The number of hydrogen-bond acceptors (Lipinski definition) is 6. The Kier molecular flexibility index (Phi) is 5.70. The number of amides is 3. The van der Waals surface area contributed by atoms with Gasteiger partial charge in [0.1, 0.15) is 5.51 Å². The van der Waals surface area contributed by atoms with Gasteiger partial charge in [0.2, 0.25) is 5.91 Å². The third-order valence-electron chi connectivity index (χ3n) is 2.52. The highest BCUT2D eigenvalue weighted by Crippen LogP contribution is 2.23. The molecule has 3 amide bonds. The minimum absolute atomic E-state index is 0.360. The number of urea groups is 1. The van der Waals surface area contributed by atoms with Crippen LogP contribution in [0.1, 0.15) is 12.5 Å². The molecule has 8 heteroatoms. The summed E-state index contributed by atoms with van der Waals surface area (Å²) in [6.07, 6.45) is 0. The Balaban J connectivity index is 1.75. The molecule has 0 aliphatic rings. The van der Waals surface area contributed by atoms with Gasteiger partial charge in [-0.2, -0.15) is 0 Å². The summed E-state index contributed by atoms with van der Waals surface area (Å²) in [5, 5.41) is 12.1. The first-order valence-electron chi connectivity index (χ1n) is 6.20. The third kappa shape index (κ3) is 5.16. The van der Waals surface area contributed by atoms with E-state index in [4.69, 9.17) is 0 Å². The molecule has 0 fully saturated rings. The first-order chi connectivity index (χ1) is 10.1. The lowest BCUT2D eigenvalue weighted by Gasteiger charge is -2.10. The zero-order chi connectivity index (χ0) is 15.1. The normalized spacial score (nSPS) is 11.7. The van der Waals surface area contributed by atoms with Gasteiger partial charge >= 0.3 is 6.03 Å². The Hall–Kier alpha value is -1.93. The van der Waals surface area contributed by atoms with Gasteiger partial charge in [-0.25, -0.2) is 4.79 Å². The number of imide groups is 1. The number of nitrogens with one attached hydrogen (secondary N) is 2. The van der Waals surface area contributed by atoms with Gasteiger partial charge in [-0.05, 0) is 12.5 Å². The van der Waals surface area contributed by atoms with Gasteiger partial charge in [0.05, 0.1) is 5.25 Å². The Morgan fingerprint density at radius 2 is 2.10 bits per heavy atom. The van der Waals surface area contributed by atoms with Crippen molar-refractivity contribution in [2.75, 3.05) is 0 Å². The summed E-state index contributed by atoms with van der Waals surface area (Å²) in [6.45, 7) is 2.09. The molecule has 0 aliphatic heterocycles. The van der Waals surface area contributed by atoms with Crippen molar-refractivity contribution in [1.82, 2.24) is 20.8 Å². The van der Waals surface area contributed by atoms with Crippen LogP contribution in [0.5, 0.6) is 0 Å². The predicted octanol–water partition coefficient (Wildman–Crippen LogP) is 2.04. The molecule has 0 aliphatic carbocycles. The molecule has 1 atom stereocenters. The van der Waals surface area contributed by atoms with Gasteiger partial charge in [0.25, 0.3) is 0 Å². The second-order valence-electron chi connectivity index (χ2n) is 4.12. The van der Waals surface area contributed by atoms with E-state index in [0.717, 1.165) is 5.56 Å². The maximum Gasteiger partial charge on any atom is 0.321 e. The lowest BCUT2D eigenvalue weighted by Crippen LogP contribution is -2.42. The zero-order valence-electron chi connectivity index (χ0n) is 11.3. The SMILES string of the molecule is C[C@H](Sc1nncs1)C(=O)NC(=O)NCc1ccccc1. The van der Waals surface area contributed by atoms with Crippen LogP contribution in [0.3, 0.4) is 0 Å². The van der Waals surface area contributed by atoms with E-state index >= 15 is 0 Å². The summed E-state index contributed by atoms with van der Waals surface area (Å²) in [5.74, 6) is -0.360. The molecular weight excluding hydrogens is 308 g/mol. The number of aromatic nitrogens is 2. The number of rotatable bonds is 5. The Morgan fingerprint density at radius 1 is 1.33 bits per heavy atom. The molecule has 2 aromatic rings. The van der Waals surface area contributed by atoms with Crippen molar-refractivity contribution in [2.24, 2.45) is 0 Å². The van der Waals surface area contributed by atoms with Crippen LogP contribution >= 0.6 is 23.1 Å². The highest BCUT2D eigenvalue weighted by atomic mass is 32.2. The molecular formula is C13H14N4O2S2. The van der Waals surface area contributed by atoms with Crippen molar-refractivity contribution in [3.8, 4) is 0 Å². The number of carbonyl (C=O) groups excluding carboxylic acids is 2. The van der Waals surface area contributed by atoms with Gasteiger partial charge in [0.15, 0.2) is 4.34 Å². The molecule has 1 aromatic carbocycles. The fourth-order valence-electron chi connectivity index (χ4n) is 1.45. The lowest BCUT2D eigenvalue weighted by atomic mass is 10.2. The van der Waals surface area contributed by atoms with E-state index in [9.17, 15) is 9.59 Å². The van der Waals surface area contributed by atoms with Crippen molar-refractivity contribution >= 4 is 35.0 Å². The topological polar surface area (TPSA) is 84.0 Å². The maximum absolute atomic E-state index is 11.9. The average Bonchev–Trinajstić information content (AvgIpc) is 2.99. The van der Waals surface area contributed by atoms with Crippen LogP contribution in [0.2, 0.25) is 0 Å². The van der Waals surface area contributed by atoms with Gasteiger partial charge in [-0.1, -0.05) is 53.4 Å². The molecule has 0 unspecified atom stereocenters. The van der Waals surface area contributed by atoms with Crippen molar-refractivity contribution in [1.29, 1.82) is 0 Å². The zero-order valence-corrected chi connectivity index (χ0v) is 12.9. The summed E-state index contributed by atoms with van der Waals surface area (Å²) in [6, 6.07) is 8.97. The predicted molar refractivity (Wildman–Crippen MR) is 82.0 cm³/mol. The van der Waals surface area contributed by atoms with Gasteiger partial charge in [-0.3, -0.25) is 10.1 Å². The van der Waals surface area contributed by atoms with E-state index in [-0.39, 0.29) is 5.91 Å². The smallest absolute Gasteiger partial charge is 0.321 e. The van der Waals surface area contributed by atoms with Crippen LogP contribution < -0.4 is 10.6 Å². The molecule has 0 bridgehead atoms. The third-order valence-corrected chi connectivity index (χ3v) is 4.43. The van der Waals surface area contributed by atoms with Gasteiger partial charge in [0, 0.05) is 6.54 Å². The Labute approximate surface area is 130 Å². The molecule has 0 saturated carbocycles. The number of thioether (sulfide) groups is 1. The van der Waals surface area contributed by atoms with E-state index in [2.05, 4.69) is 20.8 Å². The highest BCUT2D eigenvalue weighted by molar-refractivity contribution is 8.02. The second kappa shape index (κ2) is 7.75. The number of carbonyl (C=O) groups is 2. The van der Waals surface area contributed by atoms with Crippen molar-refractivity contribution in [3.63, 3.8) is 0 Å². The van der Waals surface area contributed by atoms with Gasteiger partial charge < -0.3 is 5.32 Å². The van der Waals surface area contributed by atoms with Crippen molar-refractivity contribution in [3.05, 3.63) is 41.4 Å². The Bertz CT molecular complexity index is 589. The Morgan fingerprint density at radius 3 is 2.76 bits per heavy atom. The van der Waals surface area contributed by atoms with Crippen LogP contribution in [0.15, 0.2) is 40.2 Å². The first kappa shape index (κ1) is 15.5. The summed E-state index contributed by atoms with van der Waals surface area (Å²) in [4.78, 5) is 23.5. The largest absolute Gasteiger partial charge is 0.334 e. The van der Waals surface area contributed by atoms with Crippen LogP contribution in [0.25, 0.3) is 0 Å². The van der Waals surface area contributed by atoms with E-state index in [1.165, 1.54) is 23.1 Å². The summed E-state index contributed by atoms with van der Waals surface area (Å²) in [7, 11) is 0. The summed E-state index contributed by atoms with van der Waals surface area (Å²) in [5.41, 5.74) is 2.57. The van der Waals surface area contributed by atoms with E-state index in [0.29, 0.717) is 10.9 Å². The molecule has 0 spiro atoms. The fourth-order valence-corrected chi connectivity index (χ4v) is 3.08. The molecule has 0 saturated heterocycles. The summed E-state index contributed by atoms with van der Waals surface area (Å²) >= 11 is 2.62. The quantitative estimate of drug-likeness (QED) is 0.823. The van der Waals surface area contributed by atoms with E-state index in [1.54, 1.807) is 12.4 Å². The van der Waals surface area contributed by atoms with E-state index < -0.39 is 11.3 Å². The molecule has 1 aromatic heterocycles. The molecule has 21 heavy (non-hydrogen) atoms. The van der Waals surface area contributed by atoms with Crippen LogP contribution in [0, 0.1) is 0 Å². The van der Waals surface area contributed by atoms with Crippen LogP contribution in [0.4, 0.5) is 4.79 Å². The fraction of sp³-hybridized carbons (Fsp3) is 0.231. The van der Waals surface area contributed by atoms with Crippen LogP contribution in [-0.2, 0) is 11.3 Å². The standard InChI is InChI=1S/C13H14N4O2S2/c1-9(21-13-17-15-8-20-13)11(18)16-12(19)14-7-10-5-3-2-4-6-10/h2-6,8-9H,7H2,1H3,(H2,14,16,18,19)/t9-/m0/s1. The maximum atomic E-state index is 11.9. The molecule has 1 heterocycles. The molecule has 2 N–H and O–H groups in total. The minimum Gasteiger partial charge on any atom is -0.334 e.